The number of allylic oxidation sites excluding steroid dienone is 1. The van der Waals surface area contributed by atoms with Gasteiger partial charge in [-0.2, -0.15) is 0 Å². The minimum atomic E-state index is 0.0223. The highest BCUT2D eigenvalue weighted by molar-refractivity contribution is 5.42. The van der Waals surface area contributed by atoms with Gasteiger partial charge in [-0.15, -0.1) is 0 Å². The Morgan fingerprint density at radius 2 is 2.12 bits per heavy atom. The Hall–Kier alpha value is -1.48. The van der Waals surface area contributed by atoms with Crippen LogP contribution in [0.5, 0.6) is 11.5 Å². The smallest absolute Gasteiger partial charge is 0.126 e. The van der Waals surface area contributed by atoms with Crippen molar-refractivity contribution < 1.29 is 14.2 Å². The van der Waals surface area contributed by atoms with Gasteiger partial charge in [-0.05, 0) is 63.7 Å². The Morgan fingerprint density at radius 3 is 2.84 bits per heavy atom. The summed E-state index contributed by atoms with van der Waals surface area (Å²) in [7, 11) is 0. The molecule has 1 aliphatic rings. The monoisotopic (exact) mass is 346 g/mol. The average Bonchev–Trinajstić information content (AvgIpc) is 3.08. The van der Waals surface area contributed by atoms with Gasteiger partial charge in [0.05, 0.1) is 12.2 Å². The molecule has 25 heavy (non-hydrogen) atoms. The normalized spacial score (nSPS) is 16.2. The van der Waals surface area contributed by atoms with Crippen molar-refractivity contribution in [1.29, 1.82) is 0 Å². The highest BCUT2D eigenvalue weighted by Gasteiger charge is 2.21. The molecule has 0 N–H and O–H groups in total. The van der Waals surface area contributed by atoms with E-state index in [1.54, 1.807) is 0 Å². The first kappa shape index (κ1) is 19.8. The highest BCUT2D eigenvalue weighted by Crippen LogP contribution is 2.29. The third-order valence-corrected chi connectivity index (χ3v) is 5.19. The van der Waals surface area contributed by atoms with E-state index in [0.29, 0.717) is 6.61 Å². The lowest BCUT2D eigenvalue weighted by Gasteiger charge is -2.28. The Labute approximate surface area is 153 Å². The molecular weight excluding hydrogens is 312 g/mol. The maximum absolute atomic E-state index is 5.91. The lowest BCUT2D eigenvalue weighted by Crippen LogP contribution is -2.27. The maximum atomic E-state index is 5.91. The Morgan fingerprint density at radius 1 is 1.28 bits per heavy atom. The molecule has 1 unspecified atom stereocenters. The van der Waals surface area contributed by atoms with Gasteiger partial charge in [-0.1, -0.05) is 25.5 Å². The summed E-state index contributed by atoms with van der Waals surface area (Å²) in [5, 5.41) is 0. The molecule has 0 bridgehead atoms. The fraction of sp³-hybridized carbons (Fsp3) is 0.636. The Kier molecular flexibility index (Phi) is 7.83. The molecule has 1 atom stereocenters. The lowest BCUT2D eigenvalue weighted by molar-refractivity contribution is -0.0348. The van der Waals surface area contributed by atoms with Crippen LogP contribution in [0.25, 0.3) is 0 Å². The first-order chi connectivity index (χ1) is 12.1. The molecular formula is C22H34O3. The predicted octanol–water partition coefficient (Wildman–Crippen LogP) is 5.71. The fourth-order valence-corrected chi connectivity index (χ4v) is 3.30. The van der Waals surface area contributed by atoms with E-state index in [-0.39, 0.29) is 5.60 Å². The van der Waals surface area contributed by atoms with E-state index in [9.17, 15) is 0 Å². The molecule has 0 aliphatic carbocycles. The van der Waals surface area contributed by atoms with E-state index in [4.69, 9.17) is 14.2 Å². The minimum Gasteiger partial charge on any atom is -0.493 e. The molecule has 0 aromatic heterocycles. The number of ether oxygens (including phenoxy) is 3. The van der Waals surface area contributed by atoms with Crippen molar-refractivity contribution in [1.82, 2.24) is 0 Å². The molecule has 1 heterocycles. The van der Waals surface area contributed by atoms with E-state index in [1.807, 2.05) is 12.1 Å². The maximum Gasteiger partial charge on any atom is 0.126 e. The zero-order valence-electron chi connectivity index (χ0n) is 16.4. The standard InChI is InChI=1S/C22H34O3/c1-5-18(9-8-14-22(4,6-2)25-7-3)12-15-23-20-11-10-19-13-16-24-21(19)17-20/h10-12,17H,5-9,13-16H2,1-4H3. The van der Waals surface area contributed by atoms with Crippen LogP contribution in [0.2, 0.25) is 0 Å². The molecule has 1 aromatic carbocycles. The second-order valence-electron chi connectivity index (χ2n) is 6.98. The second kappa shape index (κ2) is 9.86. The molecule has 0 saturated heterocycles. The minimum absolute atomic E-state index is 0.0223. The van der Waals surface area contributed by atoms with Crippen LogP contribution in [0, 0.1) is 0 Å². The lowest BCUT2D eigenvalue weighted by atomic mass is 9.93. The molecule has 1 aromatic rings. The van der Waals surface area contributed by atoms with Crippen molar-refractivity contribution in [2.24, 2.45) is 0 Å². The highest BCUT2D eigenvalue weighted by atomic mass is 16.5. The summed E-state index contributed by atoms with van der Waals surface area (Å²) >= 11 is 0. The number of hydrogen-bond acceptors (Lipinski definition) is 3. The zero-order valence-corrected chi connectivity index (χ0v) is 16.4. The van der Waals surface area contributed by atoms with E-state index in [2.05, 4.69) is 39.8 Å². The first-order valence-electron chi connectivity index (χ1n) is 9.80. The van der Waals surface area contributed by atoms with E-state index < -0.39 is 0 Å². The van der Waals surface area contributed by atoms with E-state index in [0.717, 1.165) is 63.2 Å². The molecule has 1 aliphatic heterocycles. The molecule has 140 valence electrons. The van der Waals surface area contributed by atoms with Gasteiger partial charge in [0, 0.05) is 19.1 Å². The van der Waals surface area contributed by atoms with Crippen molar-refractivity contribution in [2.75, 3.05) is 19.8 Å². The van der Waals surface area contributed by atoms with Gasteiger partial charge in [-0.3, -0.25) is 0 Å². The molecule has 2 rings (SSSR count). The predicted molar refractivity (Wildman–Crippen MR) is 104 cm³/mol. The third kappa shape index (κ3) is 6.07. The number of rotatable bonds is 11. The van der Waals surface area contributed by atoms with Crippen LogP contribution in [-0.2, 0) is 11.2 Å². The van der Waals surface area contributed by atoms with Gasteiger partial charge in [0.2, 0.25) is 0 Å². The van der Waals surface area contributed by atoms with Gasteiger partial charge < -0.3 is 14.2 Å². The SMILES string of the molecule is CCOC(C)(CC)CCCC(=CCOc1ccc2c(c1)OCC2)CC. The first-order valence-corrected chi connectivity index (χ1v) is 9.80. The second-order valence-corrected chi connectivity index (χ2v) is 6.98. The van der Waals surface area contributed by atoms with Crippen LogP contribution in [0.4, 0.5) is 0 Å². The zero-order chi connectivity index (χ0) is 18.1. The van der Waals surface area contributed by atoms with Crippen molar-refractivity contribution in [3.05, 3.63) is 35.4 Å². The van der Waals surface area contributed by atoms with Crippen molar-refractivity contribution in [3.63, 3.8) is 0 Å². The van der Waals surface area contributed by atoms with E-state index >= 15 is 0 Å². The molecule has 0 amide bonds. The summed E-state index contributed by atoms with van der Waals surface area (Å²) in [5.41, 5.74) is 2.77. The van der Waals surface area contributed by atoms with Crippen LogP contribution in [0.15, 0.2) is 29.8 Å². The topological polar surface area (TPSA) is 27.7 Å². The van der Waals surface area contributed by atoms with Crippen LogP contribution in [0.3, 0.4) is 0 Å². The number of fused-ring (bicyclic) bond motifs is 1. The Balaban J connectivity index is 1.78. The largest absolute Gasteiger partial charge is 0.493 e. The summed E-state index contributed by atoms with van der Waals surface area (Å²) in [6.07, 6.45) is 8.78. The number of benzene rings is 1. The average molecular weight is 347 g/mol. The summed E-state index contributed by atoms with van der Waals surface area (Å²) in [6, 6.07) is 6.17. The molecule has 0 saturated carbocycles. The fourth-order valence-electron chi connectivity index (χ4n) is 3.30. The molecule has 0 fully saturated rings. The van der Waals surface area contributed by atoms with Crippen LogP contribution in [0.1, 0.15) is 65.4 Å². The summed E-state index contributed by atoms with van der Waals surface area (Å²) in [5.74, 6) is 1.87. The van der Waals surface area contributed by atoms with Crippen molar-refractivity contribution in [3.8, 4) is 11.5 Å². The van der Waals surface area contributed by atoms with Crippen LogP contribution in [-0.4, -0.2) is 25.4 Å². The summed E-state index contributed by atoms with van der Waals surface area (Å²) in [6.45, 7) is 10.9. The molecule has 3 heteroatoms. The van der Waals surface area contributed by atoms with E-state index in [1.165, 1.54) is 11.1 Å². The van der Waals surface area contributed by atoms with Crippen molar-refractivity contribution in [2.45, 2.75) is 71.8 Å². The van der Waals surface area contributed by atoms with Gasteiger partial charge in [0.15, 0.2) is 0 Å². The molecule has 3 nitrogen and oxygen atoms in total. The van der Waals surface area contributed by atoms with Gasteiger partial charge in [0.1, 0.15) is 18.1 Å². The third-order valence-electron chi connectivity index (χ3n) is 5.19. The van der Waals surface area contributed by atoms with Crippen molar-refractivity contribution >= 4 is 0 Å². The van der Waals surface area contributed by atoms with Gasteiger partial charge in [-0.25, -0.2) is 0 Å². The van der Waals surface area contributed by atoms with Gasteiger partial charge >= 0.3 is 0 Å². The van der Waals surface area contributed by atoms with Gasteiger partial charge in [0.25, 0.3) is 0 Å². The summed E-state index contributed by atoms with van der Waals surface area (Å²) < 4.78 is 17.4. The number of hydrogen-bond donors (Lipinski definition) is 0. The Bertz CT molecular complexity index is 564. The summed E-state index contributed by atoms with van der Waals surface area (Å²) in [4.78, 5) is 0. The van der Waals surface area contributed by atoms with Crippen LogP contribution < -0.4 is 9.47 Å². The molecule has 0 spiro atoms. The van der Waals surface area contributed by atoms with Crippen LogP contribution >= 0.6 is 0 Å². The molecule has 0 radical (unpaired) electrons. The quantitative estimate of drug-likeness (QED) is 0.480.